The Labute approximate surface area is 59.4 Å². The molecule has 0 saturated carbocycles. The molecule has 0 radical (unpaired) electrons. The normalized spacial score (nSPS) is 13.6. The number of carboxylic acid groups (broad SMARTS) is 1. The molecule has 0 heterocycles. The van der Waals surface area contributed by atoms with Gasteiger partial charge in [-0.2, -0.15) is 0 Å². The van der Waals surface area contributed by atoms with Crippen LogP contribution in [0.5, 0.6) is 0 Å². The number of aliphatic carboxylic acids is 1. The Morgan fingerprint density at radius 1 is 1.60 bits per heavy atom. The van der Waals surface area contributed by atoms with E-state index in [2.05, 4.69) is 0 Å². The Morgan fingerprint density at radius 3 is 2.40 bits per heavy atom. The summed E-state index contributed by atoms with van der Waals surface area (Å²) in [5.74, 6) is -1.11. The Bertz CT molecular complexity index is 118. The van der Waals surface area contributed by atoms with Gasteiger partial charge in [0, 0.05) is 6.16 Å². The molecule has 0 aliphatic carbocycles. The van der Waals surface area contributed by atoms with Crippen LogP contribution < -0.4 is 5.73 Å². The molecule has 5 N–H and O–H groups in total. The molecule has 0 spiro atoms. The van der Waals surface area contributed by atoms with Gasteiger partial charge in [-0.25, -0.2) is 0 Å². The van der Waals surface area contributed by atoms with Crippen LogP contribution in [-0.2, 0) is 4.79 Å². The average molecular weight is 167 g/mol. The summed E-state index contributed by atoms with van der Waals surface area (Å²) in [4.78, 5) is 26.7. The maximum absolute atomic E-state index is 10.0. The van der Waals surface area contributed by atoms with E-state index in [-0.39, 0.29) is 12.6 Å². The third-order valence-electron chi connectivity index (χ3n) is 0.957. The fourth-order valence-corrected chi connectivity index (χ4v) is 0.887. The van der Waals surface area contributed by atoms with E-state index in [1.807, 2.05) is 0 Å². The molecule has 0 aliphatic heterocycles. The quantitative estimate of drug-likeness (QED) is 0.405. The van der Waals surface area contributed by atoms with Crippen LogP contribution in [-0.4, -0.2) is 33.1 Å². The van der Waals surface area contributed by atoms with Crippen LogP contribution in [0.15, 0.2) is 0 Å². The highest BCUT2D eigenvalue weighted by molar-refractivity contribution is 7.45. The largest absolute Gasteiger partial charge is 0.480 e. The van der Waals surface area contributed by atoms with E-state index in [9.17, 15) is 4.79 Å². The summed E-state index contributed by atoms with van der Waals surface area (Å²) in [5, 5.41) is 8.21. The molecule has 0 aliphatic rings. The Balaban J connectivity index is 3.40. The zero-order valence-electron chi connectivity index (χ0n) is 5.27. The molecule has 10 heavy (non-hydrogen) atoms. The van der Waals surface area contributed by atoms with Crippen LogP contribution in [0.4, 0.5) is 0 Å². The summed E-state index contributed by atoms with van der Waals surface area (Å²) < 4.78 is 0. The third kappa shape index (κ3) is 4.64. The molecule has 0 aromatic carbocycles. The van der Waals surface area contributed by atoms with Gasteiger partial charge < -0.3 is 20.6 Å². The SMILES string of the molecule is N[C@H](CCP(O)O)C(=O)O. The van der Waals surface area contributed by atoms with Gasteiger partial charge in [0.1, 0.15) is 6.04 Å². The predicted molar refractivity (Wildman–Crippen MR) is 36.5 cm³/mol. The third-order valence-corrected chi connectivity index (χ3v) is 1.62. The molecule has 0 bridgehead atoms. The molecular formula is C4H10NO4P. The van der Waals surface area contributed by atoms with Gasteiger partial charge in [-0.1, -0.05) is 0 Å². The van der Waals surface area contributed by atoms with Gasteiger partial charge in [-0.05, 0) is 6.42 Å². The van der Waals surface area contributed by atoms with Crippen molar-refractivity contribution in [3.63, 3.8) is 0 Å². The molecule has 0 fully saturated rings. The number of hydrogen-bond acceptors (Lipinski definition) is 4. The Morgan fingerprint density at radius 2 is 2.10 bits per heavy atom. The summed E-state index contributed by atoms with van der Waals surface area (Å²) in [6, 6.07) is -0.982. The first-order chi connectivity index (χ1) is 4.54. The van der Waals surface area contributed by atoms with Crippen molar-refractivity contribution in [2.45, 2.75) is 12.5 Å². The molecule has 1 atom stereocenters. The van der Waals surface area contributed by atoms with Crippen LogP contribution >= 0.6 is 8.38 Å². The molecular weight excluding hydrogens is 157 g/mol. The van der Waals surface area contributed by atoms with Crippen molar-refractivity contribution >= 4 is 14.3 Å². The van der Waals surface area contributed by atoms with E-state index < -0.39 is 20.4 Å². The van der Waals surface area contributed by atoms with Gasteiger partial charge in [0.15, 0.2) is 8.38 Å². The smallest absolute Gasteiger partial charge is 0.320 e. The van der Waals surface area contributed by atoms with Crippen molar-refractivity contribution in [2.75, 3.05) is 6.16 Å². The lowest BCUT2D eigenvalue weighted by atomic mass is 10.2. The maximum atomic E-state index is 10.0. The molecule has 0 unspecified atom stereocenters. The highest BCUT2D eigenvalue weighted by Crippen LogP contribution is 2.23. The van der Waals surface area contributed by atoms with Gasteiger partial charge in [-0.3, -0.25) is 4.79 Å². The van der Waals surface area contributed by atoms with Crippen molar-refractivity contribution in [1.29, 1.82) is 0 Å². The summed E-state index contributed by atoms with van der Waals surface area (Å²) in [5.41, 5.74) is 5.05. The summed E-state index contributed by atoms with van der Waals surface area (Å²) in [6.07, 6.45) is 0.164. The maximum Gasteiger partial charge on any atom is 0.320 e. The number of nitrogens with two attached hydrogens (primary N) is 1. The Kier molecular flexibility index (Phi) is 4.47. The first kappa shape index (κ1) is 9.78. The number of rotatable bonds is 4. The molecule has 0 saturated heterocycles. The van der Waals surface area contributed by atoms with Crippen molar-refractivity contribution in [1.82, 2.24) is 0 Å². The number of carboxylic acids is 1. The molecule has 0 amide bonds. The van der Waals surface area contributed by atoms with Crippen molar-refractivity contribution < 1.29 is 19.7 Å². The molecule has 60 valence electrons. The minimum absolute atomic E-state index is 0.0583. The topological polar surface area (TPSA) is 104 Å². The van der Waals surface area contributed by atoms with Crippen molar-refractivity contribution in [3.05, 3.63) is 0 Å². The second-order valence-corrected chi connectivity index (χ2v) is 3.02. The molecule has 0 aromatic heterocycles. The van der Waals surface area contributed by atoms with Gasteiger partial charge >= 0.3 is 5.97 Å². The highest BCUT2D eigenvalue weighted by Gasteiger charge is 2.12. The minimum Gasteiger partial charge on any atom is -0.480 e. The van der Waals surface area contributed by atoms with Crippen molar-refractivity contribution in [3.8, 4) is 0 Å². The Hall–Kier alpha value is -0.220. The lowest BCUT2D eigenvalue weighted by molar-refractivity contribution is -0.138. The zero-order valence-corrected chi connectivity index (χ0v) is 6.16. The minimum atomic E-state index is -2.00. The lowest BCUT2D eigenvalue weighted by Gasteiger charge is -2.05. The standard InChI is InChI=1S/C4H10NO4P/c5-3(4(6)7)1-2-10(8)9/h3,8-9H,1-2,5H2,(H,6,7)/t3-/m1/s1. The lowest BCUT2D eigenvalue weighted by Crippen LogP contribution is -2.30. The van der Waals surface area contributed by atoms with Crippen LogP contribution in [0.1, 0.15) is 6.42 Å². The molecule has 0 rings (SSSR count). The van der Waals surface area contributed by atoms with Gasteiger partial charge in [0.05, 0.1) is 0 Å². The average Bonchev–Trinajstić information content (AvgIpc) is 1.82. The summed E-state index contributed by atoms with van der Waals surface area (Å²) >= 11 is 0. The highest BCUT2D eigenvalue weighted by atomic mass is 31.2. The number of carbonyl (C=O) groups is 1. The van der Waals surface area contributed by atoms with E-state index in [1.54, 1.807) is 0 Å². The molecule has 6 heteroatoms. The summed E-state index contributed by atoms with van der Waals surface area (Å²) in [7, 11) is -2.00. The van der Waals surface area contributed by atoms with E-state index in [0.29, 0.717) is 0 Å². The zero-order chi connectivity index (χ0) is 8.15. The van der Waals surface area contributed by atoms with Crippen LogP contribution in [0.2, 0.25) is 0 Å². The first-order valence-electron chi connectivity index (χ1n) is 2.67. The van der Waals surface area contributed by atoms with E-state index in [1.165, 1.54) is 0 Å². The van der Waals surface area contributed by atoms with E-state index in [0.717, 1.165) is 0 Å². The monoisotopic (exact) mass is 167 g/mol. The van der Waals surface area contributed by atoms with Crippen molar-refractivity contribution in [2.24, 2.45) is 5.73 Å². The predicted octanol–water partition coefficient (Wildman–Crippen LogP) is -0.915. The van der Waals surface area contributed by atoms with E-state index in [4.69, 9.17) is 20.6 Å². The first-order valence-corrected chi connectivity index (χ1v) is 4.11. The van der Waals surface area contributed by atoms with Crippen LogP contribution in [0.3, 0.4) is 0 Å². The molecule has 5 nitrogen and oxygen atoms in total. The second-order valence-electron chi connectivity index (χ2n) is 1.83. The summed E-state index contributed by atoms with van der Waals surface area (Å²) in [6.45, 7) is 0. The van der Waals surface area contributed by atoms with Crippen LogP contribution in [0, 0.1) is 0 Å². The van der Waals surface area contributed by atoms with Gasteiger partial charge in [0.2, 0.25) is 0 Å². The fourth-order valence-electron chi connectivity index (χ4n) is 0.378. The fraction of sp³-hybridized carbons (Fsp3) is 0.750. The van der Waals surface area contributed by atoms with Crippen LogP contribution in [0.25, 0.3) is 0 Å². The number of hydrogen-bond donors (Lipinski definition) is 4. The van der Waals surface area contributed by atoms with E-state index >= 15 is 0 Å². The molecule has 0 aromatic rings. The second kappa shape index (κ2) is 4.57. The van der Waals surface area contributed by atoms with Gasteiger partial charge in [-0.15, -0.1) is 0 Å². The van der Waals surface area contributed by atoms with Gasteiger partial charge in [0.25, 0.3) is 0 Å².